The topological polar surface area (TPSA) is 30.3 Å². The molecule has 0 N–H and O–H groups in total. The summed E-state index contributed by atoms with van der Waals surface area (Å²) in [4.78, 5) is 7.12. The third-order valence-corrected chi connectivity index (χ3v) is 9.02. The second-order valence-corrected chi connectivity index (χ2v) is 11.7. The van der Waals surface area contributed by atoms with E-state index in [2.05, 4.69) is 114 Å². The summed E-state index contributed by atoms with van der Waals surface area (Å²) in [5, 5.41) is 2.44. The van der Waals surface area contributed by atoms with Gasteiger partial charge in [-0.05, 0) is 77.9 Å². The fourth-order valence-electron chi connectivity index (χ4n) is 7.04. The fourth-order valence-corrected chi connectivity index (χ4v) is 7.04. The first kappa shape index (κ1) is 23.4. The van der Waals surface area contributed by atoms with Crippen LogP contribution in [0.25, 0.3) is 38.8 Å². The zero-order chi connectivity index (χ0) is 28.0. The van der Waals surface area contributed by atoms with Crippen LogP contribution in [0.15, 0.2) is 128 Å². The molecule has 2 aliphatic rings. The lowest BCUT2D eigenvalue weighted by atomic mass is 9.83. The molecular formula is C38H27N3O. The van der Waals surface area contributed by atoms with Crippen LogP contribution in [0.1, 0.15) is 25.0 Å². The molecular weight excluding hydrogens is 514 g/mol. The Kier molecular flexibility index (Phi) is 4.64. The molecule has 7 aromatic rings. The number of hydrogen-bond acceptors (Lipinski definition) is 3. The van der Waals surface area contributed by atoms with Crippen LogP contribution in [-0.2, 0) is 5.41 Å². The summed E-state index contributed by atoms with van der Waals surface area (Å²) in [6.07, 6.45) is 1.90. The van der Waals surface area contributed by atoms with Crippen molar-refractivity contribution in [2.75, 3.05) is 4.90 Å². The number of para-hydroxylation sites is 5. The Balaban J connectivity index is 1.27. The number of ether oxygens (including phenoxy) is 1. The molecule has 0 amide bonds. The first-order valence-electron chi connectivity index (χ1n) is 14.4. The molecule has 0 saturated carbocycles. The van der Waals surface area contributed by atoms with Crippen molar-refractivity contribution in [1.29, 1.82) is 0 Å². The van der Waals surface area contributed by atoms with E-state index in [1.807, 2.05) is 36.5 Å². The number of rotatable bonds is 2. The predicted molar refractivity (Wildman–Crippen MR) is 171 cm³/mol. The molecule has 9 rings (SSSR count). The van der Waals surface area contributed by atoms with Gasteiger partial charge in [0.1, 0.15) is 0 Å². The summed E-state index contributed by atoms with van der Waals surface area (Å²) in [6, 6.07) is 43.1. The van der Waals surface area contributed by atoms with Crippen molar-refractivity contribution in [3.05, 3.63) is 139 Å². The first-order valence-corrected chi connectivity index (χ1v) is 14.4. The van der Waals surface area contributed by atoms with Crippen LogP contribution in [-0.4, -0.2) is 9.55 Å². The van der Waals surface area contributed by atoms with Crippen molar-refractivity contribution in [2.24, 2.45) is 0 Å². The smallest absolute Gasteiger partial charge is 0.151 e. The Hall–Kier alpha value is -5.35. The molecule has 2 aromatic heterocycles. The first-order chi connectivity index (χ1) is 20.6. The van der Waals surface area contributed by atoms with E-state index < -0.39 is 0 Å². The fraction of sp³-hybridized carbons (Fsp3) is 0.0789. The summed E-state index contributed by atoms with van der Waals surface area (Å²) < 4.78 is 8.67. The Morgan fingerprint density at radius 1 is 0.595 bits per heavy atom. The van der Waals surface area contributed by atoms with Crippen LogP contribution in [0.5, 0.6) is 11.5 Å². The minimum absolute atomic E-state index is 0.0715. The van der Waals surface area contributed by atoms with Crippen molar-refractivity contribution < 1.29 is 4.74 Å². The molecule has 0 radical (unpaired) electrons. The van der Waals surface area contributed by atoms with Crippen molar-refractivity contribution in [3.8, 4) is 28.4 Å². The third kappa shape index (κ3) is 3.09. The van der Waals surface area contributed by atoms with Gasteiger partial charge in [0.25, 0.3) is 0 Å². The molecule has 5 aromatic carbocycles. The number of benzene rings is 5. The normalized spacial score (nSPS) is 14.3. The lowest BCUT2D eigenvalue weighted by Crippen LogP contribution is -2.15. The van der Waals surface area contributed by atoms with E-state index in [1.165, 1.54) is 38.5 Å². The standard InChI is InChI=1S/C38H27N3O/c1-38(2)29-19-17-24(23-28(29)37-30(38)11-9-21-39-37)40-31-12-4-3-10-26(31)27-22-25(18-20-32(27)40)41-33-13-5-7-15-35(33)42-36-16-8-6-14-34(36)41/h3-23H,1-2H3. The second kappa shape index (κ2) is 8.34. The van der Waals surface area contributed by atoms with E-state index in [0.29, 0.717) is 0 Å². The number of anilines is 3. The zero-order valence-electron chi connectivity index (χ0n) is 23.4. The van der Waals surface area contributed by atoms with Crippen LogP contribution < -0.4 is 9.64 Å². The zero-order valence-corrected chi connectivity index (χ0v) is 23.4. The second-order valence-electron chi connectivity index (χ2n) is 11.7. The molecule has 0 atom stereocenters. The maximum atomic E-state index is 6.27. The van der Waals surface area contributed by atoms with Gasteiger partial charge in [0.05, 0.1) is 28.1 Å². The minimum atomic E-state index is -0.0715. The Morgan fingerprint density at radius 3 is 2.10 bits per heavy atom. The summed E-state index contributed by atoms with van der Waals surface area (Å²) >= 11 is 0. The van der Waals surface area contributed by atoms with E-state index in [-0.39, 0.29) is 5.41 Å². The summed E-state index contributed by atoms with van der Waals surface area (Å²) in [7, 11) is 0. The highest BCUT2D eigenvalue weighted by Gasteiger charge is 2.36. The molecule has 1 aliphatic heterocycles. The Bertz CT molecular complexity index is 2180. The molecule has 0 fully saturated rings. The van der Waals surface area contributed by atoms with Crippen molar-refractivity contribution >= 4 is 38.9 Å². The number of nitrogens with zero attached hydrogens (tertiary/aromatic N) is 3. The van der Waals surface area contributed by atoms with Crippen LogP contribution in [0.4, 0.5) is 17.1 Å². The quantitative estimate of drug-likeness (QED) is 0.218. The van der Waals surface area contributed by atoms with Crippen molar-refractivity contribution in [2.45, 2.75) is 19.3 Å². The van der Waals surface area contributed by atoms with E-state index in [0.717, 1.165) is 39.9 Å². The van der Waals surface area contributed by atoms with Gasteiger partial charge >= 0.3 is 0 Å². The molecule has 42 heavy (non-hydrogen) atoms. The van der Waals surface area contributed by atoms with Crippen LogP contribution in [0.2, 0.25) is 0 Å². The number of hydrogen-bond donors (Lipinski definition) is 0. The lowest BCUT2D eigenvalue weighted by molar-refractivity contribution is 0.477. The van der Waals surface area contributed by atoms with Gasteiger partial charge in [-0.3, -0.25) is 4.98 Å². The van der Waals surface area contributed by atoms with Gasteiger partial charge in [-0.2, -0.15) is 0 Å². The SMILES string of the molecule is CC1(C)c2ccc(-n3c4ccccc4c4cc(N5c6ccccc6Oc6ccccc65)ccc43)cc2-c2ncccc21. The van der Waals surface area contributed by atoms with E-state index in [9.17, 15) is 0 Å². The van der Waals surface area contributed by atoms with Crippen molar-refractivity contribution in [1.82, 2.24) is 9.55 Å². The molecule has 0 saturated heterocycles. The number of pyridine rings is 1. The van der Waals surface area contributed by atoms with Gasteiger partial charge in [-0.25, -0.2) is 0 Å². The Labute approximate surface area is 244 Å². The molecule has 4 nitrogen and oxygen atoms in total. The summed E-state index contributed by atoms with van der Waals surface area (Å²) in [6.45, 7) is 4.59. The number of fused-ring (bicyclic) bond motifs is 8. The van der Waals surface area contributed by atoms with Crippen LogP contribution in [0, 0.1) is 0 Å². The molecule has 1 aliphatic carbocycles. The predicted octanol–water partition coefficient (Wildman–Crippen LogP) is 10.1. The average molecular weight is 542 g/mol. The van der Waals surface area contributed by atoms with Gasteiger partial charge in [0.2, 0.25) is 0 Å². The maximum Gasteiger partial charge on any atom is 0.151 e. The van der Waals surface area contributed by atoms with Crippen molar-refractivity contribution in [3.63, 3.8) is 0 Å². The monoisotopic (exact) mass is 541 g/mol. The van der Waals surface area contributed by atoms with E-state index in [1.54, 1.807) is 0 Å². The molecule has 200 valence electrons. The van der Waals surface area contributed by atoms with Crippen LogP contribution >= 0.6 is 0 Å². The highest BCUT2D eigenvalue weighted by Crippen LogP contribution is 2.51. The van der Waals surface area contributed by atoms with Gasteiger partial charge in [-0.1, -0.05) is 68.4 Å². The highest BCUT2D eigenvalue weighted by atomic mass is 16.5. The number of aromatic nitrogens is 2. The van der Waals surface area contributed by atoms with E-state index >= 15 is 0 Å². The lowest BCUT2D eigenvalue weighted by Gasteiger charge is -2.32. The molecule has 3 heterocycles. The Morgan fingerprint density at radius 2 is 1.29 bits per heavy atom. The minimum Gasteiger partial charge on any atom is -0.453 e. The molecule has 0 spiro atoms. The largest absolute Gasteiger partial charge is 0.453 e. The summed E-state index contributed by atoms with van der Waals surface area (Å²) in [5.74, 6) is 1.71. The molecule has 0 unspecified atom stereocenters. The van der Waals surface area contributed by atoms with Gasteiger partial charge in [0.15, 0.2) is 11.5 Å². The molecule has 0 bridgehead atoms. The van der Waals surface area contributed by atoms with Crippen LogP contribution in [0.3, 0.4) is 0 Å². The maximum absolute atomic E-state index is 6.27. The van der Waals surface area contributed by atoms with Gasteiger partial charge in [-0.15, -0.1) is 0 Å². The summed E-state index contributed by atoms with van der Waals surface area (Å²) in [5.41, 5.74) is 11.5. The third-order valence-electron chi connectivity index (χ3n) is 9.02. The van der Waals surface area contributed by atoms with E-state index in [4.69, 9.17) is 9.72 Å². The van der Waals surface area contributed by atoms with Gasteiger partial charge < -0.3 is 14.2 Å². The average Bonchev–Trinajstić information content (AvgIpc) is 3.48. The van der Waals surface area contributed by atoms with Gasteiger partial charge in [0, 0.05) is 39.3 Å². The highest BCUT2D eigenvalue weighted by molar-refractivity contribution is 6.11. The molecule has 4 heteroatoms.